The Morgan fingerprint density at radius 2 is 1.58 bits per heavy atom. The van der Waals surface area contributed by atoms with Crippen molar-refractivity contribution in [2.45, 2.75) is 19.8 Å². The van der Waals surface area contributed by atoms with E-state index in [0.29, 0.717) is 62.3 Å². The zero-order valence-corrected chi connectivity index (χ0v) is 14.7. The lowest BCUT2D eigenvalue weighted by atomic mass is 10.3. The number of hydrogen-bond acceptors (Lipinski definition) is 7. The molecule has 3 aliphatic rings. The Morgan fingerprint density at radius 1 is 0.923 bits per heavy atom. The van der Waals surface area contributed by atoms with Crippen LogP contribution in [0.3, 0.4) is 0 Å². The van der Waals surface area contributed by atoms with Gasteiger partial charge in [-0.3, -0.25) is 0 Å². The number of fused-ring (bicyclic) bond motifs is 2. The Kier molecular flexibility index (Phi) is 3.34. The molecule has 2 atom stereocenters. The van der Waals surface area contributed by atoms with Crippen molar-refractivity contribution in [2.75, 3.05) is 49.2 Å². The predicted molar refractivity (Wildman–Crippen MR) is 91.8 cm³/mol. The molecule has 2 aliphatic heterocycles. The molecule has 26 heavy (non-hydrogen) atoms. The van der Waals surface area contributed by atoms with E-state index in [1.165, 1.54) is 0 Å². The van der Waals surface area contributed by atoms with Crippen molar-refractivity contribution in [1.29, 1.82) is 0 Å². The topological polar surface area (TPSA) is 67.3 Å². The fourth-order valence-electron chi connectivity index (χ4n) is 3.89. The molecule has 0 aromatic carbocycles. The van der Waals surface area contributed by atoms with Crippen molar-refractivity contribution in [2.24, 2.45) is 11.8 Å². The second kappa shape index (κ2) is 5.42. The van der Waals surface area contributed by atoms with Crippen LogP contribution in [0.5, 0.6) is 0 Å². The highest BCUT2D eigenvalue weighted by molar-refractivity contribution is 5.85. The first-order valence-electron chi connectivity index (χ1n) is 8.93. The molecule has 0 amide bonds. The van der Waals surface area contributed by atoms with Crippen LogP contribution in [0.4, 0.5) is 20.5 Å². The highest BCUT2D eigenvalue weighted by atomic mass is 19.3. The SMILES string of the molecule is Cc1nc2nc(N3CCOCC3)nc(N3CC4C(C3)C4(F)F)c2nc1C. The Bertz CT molecular complexity index is 871. The molecular weight excluding hydrogens is 342 g/mol. The highest BCUT2D eigenvalue weighted by Gasteiger charge is 2.71. The molecule has 2 aromatic heterocycles. The summed E-state index contributed by atoms with van der Waals surface area (Å²) in [6, 6.07) is 0. The van der Waals surface area contributed by atoms with E-state index in [2.05, 4.69) is 19.9 Å². The van der Waals surface area contributed by atoms with Gasteiger partial charge in [0.1, 0.15) is 0 Å². The number of ether oxygens (including phenoxy) is 1. The van der Waals surface area contributed by atoms with Crippen LogP contribution >= 0.6 is 0 Å². The molecule has 2 unspecified atom stereocenters. The molecule has 0 bridgehead atoms. The van der Waals surface area contributed by atoms with Crippen LogP contribution in [-0.4, -0.2) is 65.3 Å². The minimum Gasteiger partial charge on any atom is -0.378 e. The summed E-state index contributed by atoms with van der Waals surface area (Å²) < 4.78 is 32.6. The van der Waals surface area contributed by atoms with E-state index in [0.717, 1.165) is 11.4 Å². The minimum atomic E-state index is -2.52. The van der Waals surface area contributed by atoms with Crippen LogP contribution in [-0.2, 0) is 4.74 Å². The fraction of sp³-hybridized carbons (Fsp3) is 0.647. The molecule has 0 N–H and O–H groups in total. The number of nitrogens with zero attached hydrogens (tertiary/aromatic N) is 6. The Morgan fingerprint density at radius 3 is 2.27 bits per heavy atom. The van der Waals surface area contributed by atoms with E-state index in [-0.39, 0.29) is 0 Å². The second-order valence-corrected chi connectivity index (χ2v) is 7.31. The van der Waals surface area contributed by atoms with Crippen LogP contribution in [0.15, 0.2) is 0 Å². The van der Waals surface area contributed by atoms with Crippen LogP contribution in [0.25, 0.3) is 11.2 Å². The van der Waals surface area contributed by atoms with Gasteiger partial charge in [0.25, 0.3) is 5.92 Å². The maximum absolute atomic E-state index is 13.6. The number of piperidine rings is 1. The van der Waals surface area contributed by atoms with Crippen molar-refractivity contribution in [3.05, 3.63) is 11.4 Å². The summed E-state index contributed by atoms with van der Waals surface area (Å²) in [5.74, 6) is -2.47. The third-order valence-corrected chi connectivity index (χ3v) is 5.71. The summed E-state index contributed by atoms with van der Waals surface area (Å²) in [7, 11) is 0. The maximum Gasteiger partial charge on any atom is 0.258 e. The van der Waals surface area contributed by atoms with Crippen LogP contribution in [0.2, 0.25) is 0 Å². The van der Waals surface area contributed by atoms with Gasteiger partial charge in [-0.15, -0.1) is 0 Å². The largest absolute Gasteiger partial charge is 0.378 e. The van der Waals surface area contributed by atoms with Gasteiger partial charge in [0, 0.05) is 26.2 Å². The molecule has 2 saturated heterocycles. The van der Waals surface area contributed by atoms with Crippen molar-refractivity contribution in [1.82, 2.24) is 19.9 Å². The zero-order valence-electron chi connectivity index (χ0n) is 14.7. The van der Waals surface area contributed by atoms with E-state index in [1.54, 1.807) is 0 Å². The number of rotatable bonds is 2. The average Bonchev–Trinajstić information content (AvgIpc) is 2.99. The van der Waals surface area contributed by atoms with Gasteiger partial charge in [0.2, 0.25) is 5.95 Å². The number of hydrogen-bond donors (Lipinski definition) is 0. The Balaban J connectivity index is 1.59. The molecule has 2 aromatic rings. The number of anilines is 2. The summed E-state index contributed by atoms with van der Waals surface area (Å²) in [6.45, 7) is 7.03. The quantitative estimate of drug-likeness (QED) is 0.803. The number of alkyl halides is 2. The minimum absolute atomic E-state index is 0.306. The third kappa shape index (κ3) is 2.33. The van der Waals surface area contributed by atoms with Crippen molar-refractivity contribution in [3.63, 3.8) is 0 Å². The van der Waals surface area contributed by atoms with Gasteiger partial charge in [0.15, 0.2) is 17.0 Å². The average molecular weight is 362 g/mol. The van der Waals surface area contributed by atoms with Gasteiger partial charge in [-0.1, -0.05) is 0 Å². The van der Waals surface area contributed by atoms with E-state index in [1.807, 2.05) is 18.7 Å². The maximum atomic E-state index is 13.6. The Labute approximate surface area is 149 Å². The van der Waals surface area contributed by atoms with Gasteiger partial charge < -0.3 is 14.5 Å². The lowest BCUT2D eigenvalue weighted by Crippen LogP contribution is -2.38. The monoisotopic (exact) mass is 362 g/mol. The molecule has 1 saturated carbocycles. The molecule has 9 heteroatoms. The normalized spacial score (nSPS) is 27.1. The molecule has 7 nitrogen and oxygen atoms in total. The van der Waals surface area contributed by atoms with Gasteiger partial charge in [-0.25, -0.2) is 18.7 Å². The number of morpholine rings is 1. The fourth-order valence-corrected chi connectivity index (χ4v) is 3.89. The molecule has 0 radical (unpaired) electrons. The second-order valence-electron chi connectivity index (χ2n) is 7.31. The lowest BCUT2D eigenvalue weighted by molar-refractivity contribution is 0.0797. The van der Waals surface area contributed by atoms with E-state index in [4.69, 9.17) is 9.72 Å². The molecular formula is C17H20F2N6O. The summed E-state index contributed by atoms with van der Waals surface area (Å²) in [5.41, 5.74) is 2.73. The third-order valence-electron chi connectivity index (χ3n) is 5.71. The number of aryl methyl sites for hydroxylation is 2. The molecule has 4 heterocycles. The molecule has 1 aliphatic carbocycles. The van der Waals surface area contributed by atoms with E-state index in [9.17, 15) is 8.78 Å². The van der Waals surface area contributed by atoms with Gasteiger partial charge >= 0.3 is 0 Å². The summed E-state index contributed by atoms with van der Waals surface area (Å²) in [6.07, 6.45) is 0. The molecule has 138 valence electrons. The zero-order chi connectivity index (χ0) is 18.1. The van der Waals surface area contributed by atoms with Crippen LogP contribution in [0, 0.1) is 25.7 Å². The van der Waals surface area contributed by atoms with Gasteiger partial charge in [0.05, 0.1) is 36.4 Å². The summed E-state index contributed by atoms with van der Waals surface area (Å²) in [5, 5.41) is 0. The highest BCUT2D eigenvalue weighted by Crippen LogP contribution is 2.59. The van der Waals surface area contributed by atoms with Gasteiger partial charge in [-0.05, 0) is 13.8 Å². The number of halogens is 2. The van der Waals surface area contributed by atoms with E-state index >= 15 is 0 Å². The standard InChI is InChI=1S/C17H20F2N6O/c1-9-10(2)21-14-13(20-9)15(25-7-11-12(8-25)17(11,18)19)23-16(22-14)24-3-5-26-6-4-24/h11-12H,3-8H2,1-2H3. The first-order valence-corrected chi connectivity index (χ1v) is 8.93. The van der Waals surface area contributed by atoms with Crippen LogP contribution < -0.4 is 9.80 Å². The molecule has 0 spiro atoms. The summed E-state index contributed by atoms with van der Waals surface area (Å²) >= 11 is 0. The first-order chi connectivity index (χ1) is 12.4. The van der Waals surface area contributed by atoms with Crippen LogP contribution in [0.1, 0.15) is 11.4 Å². The smallest absolute Gasteiger partial charge is 0.258 e. The summed E-state index contributed by atoms with van der Waals surface area (Å²) in [4.78, 5) is 22.5. The lowest BCUT2D eigenvalue weighted by Gasteiger charge is -2.28. The van der Waals surface area contributed by atoms with Crippen molar-refractivity contribution < 1.29 is 13.5 Å². The van der Waals surface area contributed by atoms with E-state index < -0.39 is 17.8 Å². The van der Waals surface area contributed by atoms with Gasteiger partial charge in [-0.2, -0.15) is 9.97 Å². The Hall–Kier alpha value is -2.16. The van der Waals surface area contributed by atoms with Crippen molar-refractivity contribution in [3.8, 4) is 0 Å². The predicted octanol–water partition coefficient (Wildman–Crippen LogP) is 1.57. The first kappa shape index (κ1) is 16.0. The molecule has 5 rings (SSSR count). The number of aromatic nitrogens is 4. The molecule has 3 fully saturated rings. The van der Waals surface area contributed by atoms with Crippen molar-refractivity contribution >= 4 is 22.9 Å².